The van der Waals surface area contributed by atoms with Gasteiger partial charge in [-0.1, -0.05) is 41.9 Å². The first-order chi connectivity index (χ1) is 17.0. The molecule has 188 valence electrons. The summed E-state index contributed by atoms with van der Waals surface area (Å²) in [6.07, 6.45) is 3.68. The van der Waals surface area contributed by atoms with Gasteiger partial charge in [-0.3, -0.25) is 9.59 Å². The van der Waals surface area contributed by atoms with E-state index in [0.29, 0.717) is 49.5 Å². The van der Waals surface area contributed by atoms with Crippen LogP contribution in [-0.4, -0.2) is 61.0 Å². The number of nitrogens with zero attached hydrogens (tertiary/aromatic N) is 3. The number of fused-ring (bicyclic) bond motifs is 1. The summed E-state index contributed by atoms with van der Waals surface area (Å²) in [6, 6.07) is 15.4. The molecule has 1 heterocycles. The number of benzene rings is 2. The van der Waals surface area contributed by atoms with Crippen LogP contribution in [-0.2, 0) is 22.5 Å². The number of rotatable bonds is 14. The summed E-state index contributed by atoms with van der Waals surface area (Å²) < 4.78 is 6.58. The Bertz CT molecular complexity index is 1150. The largest absolute Gasteiger partial charge is 0.385 e. The fraction of sp³-hybridized carbons (Fsp3) is 0.444. The zero-order valence-electron chi connectivity index (χ0n) is 20.6. The Labute approximate surface area is 212 Å². The first-order valence-corrected chi connectivity index (χ1v) is 12.5. The number of carbonyl (C=O) groups excluding carboxylic acids is 1. The zero-order valence-corrected chi connectivity index (χ0v) is 21.4. The van der Waals surface area contributed by atoms with Crippen molar-refractivity contribution in [3.05, 3.63) is 75.2 Å². The maximum absolute atomic E-state index is 13.0. The molecule has 0 saturated heterocycles. The molecule has 7 nitrogen and oxygen atoms in total. The van der Waals surface area contributed by atoms with Gasteiger partial charge in [0.1, 0.15) is 0 Å². The molecule has 3 aromatic rings. The van der Waals surface area contributed by atoms with Crippen molar-refractivity contribution >= 4 is 28.3 Å². The molecule has 0 atom stereocenters. The quantitative estimate of drug-likeness (QED) is 0.341. The van der Waals surface area contributed by atoms with Gasteiger partial charge in [-0.2, -0.15) is 5.10 Å². The molecule has 2 aromatic carbocycles. The van der Waals surface area contributed by atoms with Gasteiger partial charge in [0.2, 0.25) is 5.91 Å². The predicted molar refractivity (Wildman–Crippen MR) is 141 cm³/mol. The zero-order chi connectivity index (χ0) is 25.0. The summed E-state index contributed by atoms with van der Waals surface area (Å²) in [4.78, 5) is 27.1. The smallest absolute Gasteiger partial charge is 0.274 e. The van der Waals surface area contributed by atoms with Crippen LogP contribution in [0.15, 0.2) is 53.3 Å². The minimum Gasteiger partial charge on any atom is -0.385 e. The third-order valence-electron chi connectivity index (χ3n) is 5.96. The van der Waals surface area contributed by atoms with Crippen molar-refractivity contribution < 1.29 is 9.53 Å². The number of carbonyl (C=O) groups is 1. The SMILES string of the molecule is COCCCNC(=O)CCN(C)CCCCn1nc(Cc2ccc(Cl)cc2)c2ccccc2c1=O. The van der Waals surface area contributed by atoms with Gasteiger partial charge in [0.25, 0.3) is 5.56 Å². The first-order valence-electron chi connectivity index (χ1n) is 12.2. The molecule has 8 heteroatoms. The Kier molecular flexibility index (Phi) is 10.7. The molecule has 1 aromatic heterocycles. The molecular formula is C27H35ClN4O3. The lowest BCUT2D eigenvalue weighted by Gasteiger charge is -2.16. The molecule has 0 aliphatic rings. The van der Waals surface area contributed by atoms with E-state index in [1.54, 1.807) is 11.8 Å². The molecule has 0 bridgehead atoms. The van der Waals surface area contributed by atoms with E-state index >= 15 is 0 Å². The molecule has 0 fully saturated rings. The lowest BCUT2D eigenvalue weighted by molar-refractivity contribution is -0.121. The average Bonchev–Trinajstić information content (AvgIpc) is 2.87. The van der Waals surface area contributed by atoms with E-state index in [-0.39, 0.29) is 11.5 Å². The highest BCUT2D eigenvalue weighted by molar-refractivity contribution is 6.30. The van der Waals surface area contributed by atoms with Gasteiger partial charge in [-0.05, 0) is 56.6 Å². The highest BCUT2D eigenvalue weighted by atomic mass is 35.5. The third kappa shape index (κ3) is 8.46. The van der Waals surface area contributed by atoms with E-state index in [2.05, 4.69) is 10.2 Å². The van der Waals surface area contributed by atoms with Crippen molar-refractivity contribution in [2.24, 2.45) is 0 Å². The molecule has 1 amide bonds. The molecular weight excluding hydrogens is 464 g/mol. The number of nitrogens with one attached hydrogen (secondary N) is 1. The topological polar surface area (TPSA) is 76.5 Å². The first kappa shape index (κ1) is 26.9. The molecule has 3 rings (SSSR count). The number of hydrogen-bond donors (Lipinski definition) is 1. The maximum atomic E-state index is 13.0. The lowest BCUT2D eigenvalue weighted by atomic mass is 10.0. The van der Waals surface area contributed by atoms with Crippen LogP contribution >= 0.6 is 11.6 Å². The number of aryl methyl sites for hydroxylation is 1. The highest BCUT2D eigenvalue weighted by Gasteiger charge is 2.11. The molecule has 0 saturated carbocycles. The molecule has 0 aliphatic heterocycles. The Morgan fingerprint density at radius 3 is 2.54 bits per heavy atom. The second-order valence-corrected chi connectivity index (χ2v) is 9.22. The van der Waals surface area contributed by atoms with Crippen molar-refractivity contribution in [2.75, 3.05) is 40.4 Å². The number of hydrogen-bond acceptors (Lipinski definition) is 5. The van der Waals surface area contributed by atoms with E-state index in [0.717, 1.165) is 42.5 Å². The van der Waals surface area contributed by atoms with Crippen LogP contribution in [0.4, 0.5) is 0 Å². The summed E-state index contributed by atoms with van der Waals surface area (Å²) in [5, 5.41) is 9.93. The van der Waals surface area contributed by atoms with Gasteiger partial charge in [0.15, 0.2) is 0 Å². The molecule has 0 unspecified atom stereocenters. The van der Waals surface area contributed by atoms with Crippen molar-refractivity contribution in [2.45, 2.75) is 38.6 Å². The summed E-state index contributed by atoms with van der Waals surface area (Å²) in [6.45, 7) is 3.42. The summed E-state index contributed by atoms with van der Waals surface area (Å²) >= 11 is 6.03. The highest BCUT2D eigenvalue weighted by Crippen LogP contribution is 2.18. The number of unbranched alkanes of at least 4 members (excludes halogenated alkanes) is 1. The van der Waals surface area contributed by atoms with Gasteiger partial charge < -0.3 is 15.0 Å². The van der Waals surface area contributed by atoms with Crippen LogP contribution < -0.4 is 10.9 Å². The summed E-state index contributed by atoms with van der Waals surface area (Å²) in [5.41, 5.74) is 1.93. The average molecular weight is 499 g/mol. The predicted octanol–water partition coefficient (Wildman–Crippen LogP) is 3.90. The van der Waals surface area contributed by atoms with Crippen LogP contribution in [0.3, 0.4) is 0 Å². The van der Waals surface area contributed by atoms with Gasteiger partial charge in [0.05, 0.1) is 11.1 Å². The standard InChI is InChI=1S/C27H35ClN4O3/c1-31(18-14-26(33)29-15-7-19-35-2)16-5-6-17-32-27(34)24-9-4-3-8-23(24)25(30-32)20-21-10-12-22(28)13-11-21/h3-4,8-13H,5-7,14-20H2,1-2H3,(H,29,33). The van der Waals surface area contributed by atoms with E-state index in [4.69, 9.17) is 21.4 Å². The maximum Gasteiger partial charge on any atom is 0.274 e. The van der Waals surface area contributed by atoms with E-state index in [1.165, 1.54) is 0 Å². The Hall–Kier alpha value is -2.74. The number of methoxy groups -OCH3 is 1. The monoisotopic (exact) mass is 498 g/mol. The molecule has 0 aliphatic carbocycles. The van der Waals surface area contributed by atoms with Crippen LogP contribution in [0.2, 0.25) is 5.02 Å². The van der Waals surface area contributed by atoms with E-state index in [9.17, 15) is 9.59 Å². The molecule has 1 N–H and O–H groups in total. The third-order valence-corrected chi connectivity index (χ3v) is 6.21. The van der Waals surface area contributed by atoms with Crippen molar-refractivity contribution in [1.29, 1.82) is 0 Å². The second kappa shape index (κ2) is 14.0. The molecule has 0 spiro atoms. The van der Waals surface area contributed by atoms with Crippen LogP contribution in [0.25, 0.3) is 10.8 Å². The fourth-order valence-corrected chi connectivity index (χ4v) is 4.09. The number of halogens is 1. The van der Waals surface area contributed by atoms with Gasteiger partial charge in [0, 0.05) is 56.6 Å². The number of amides is 1. The van der Waals surface area contributed by atoms with Crippen molar-refractivity contribution in [3.63, 3.8) is 0 Å². The minimum absolute atomic E-state index is 0.0565. The van der Waals surface area contributed by atoms with E-state index < -0.39 is 0 Å². The van der Waals surface area contributed by atoms with E-state index in [1.807, 2.05) is 55.6 Å². The van der Waals surface area contributed by atoms with Crippen LogP contribution in [0.1, 0.15) is 36.9 Å². The van der Waals surface area contributed by atoms with Gasteiger partial charge in [-0.25, -0.2) is 4.68 Å². The summed E-state index contributed by atoms with van der Waals surface area (Å²) in [5.74, 6) is 0.0630. The van der Waals surface area contributed by atoms with Gasteiger partial charge >= 0.3 is 0 Å². The van der Waals surface area contributed by atoms with Crippen LogP contribution in [0, 0.1) is 0 Å². The lowest BCUT2D eigenvalue weighted by Crippen LogP contribution is -2.30. The minimum atomic E-state index is -0.0565. The van der Waals surface area contributed by atoms with Crippen molar-refractivity contribution in [3.8, 4) is 0 Å². The summed E-state index contributed by atoms with van der Waals surface area (Å²) in [7, 11) is 3.67. The van der Waals surface area contributed by atoms with Crippen molar-refractivity contribution in [1.82, 2.24) is 20.0 Å². The fourth-order valence-electron chi connectivity index (χ4n) is 3.96. The Morgan fingerprint density at radius 1 is 1.06 bits per heavy atom. The molecule has 35 heavy (non-hydrogen) atoms. The van der Waals surface area contributed by atoms with Gasteiger partial charge in [-0.15, -0.1) is 0 Å². The normalized spacial score (nSPS) is 11.3. The van der Waals surface area contributed by atoms with Crippen LogP contribution in [0.5, 0.6) is 0 Å². The number of aromatic nitrogens is 2. The Morgan fingerprint density at radius 2 is 1.80 bits per heavy atom. The second-order valence-electron chi connectivity index (χ2n) is 8.78. The Balaban J connectivity index is 1.53. The number of ether oxygens (including phenoxy) is 1. The molecule has 0 radical (unpaired) electrons.